The molecule has 0 spiro atoms. The third-order valence-corrected chi connectivity index (χ3v) is 8.06. The Morgan fingerprint density at radius 2 is 1.53 bits per heavy atom. The molecular formula is C28H35N3O. The van der Waals surface area contributed by atoms with Crippen molar-refractivity contribution in [2.45, 2.75) is 76.7 Å². The summed E-state index contributed by atoms with van der Waals surface area (Å²) < 4.78 is 2.31. The molecule has 2 fully saturated rings. The molecular weight excluding hydrogens is 394 g/mol. The fraction of sp³-hybridized carbons (Fsp3) is 0.500. The first-order valence-corrected chi connectivity index (χ1v) is 12.5. The first-order valence-electron chi connectivity index (χ1n) is 12.5. The lowest BCUT2D eigenvalue weighted by atomic mass is 9.63. The van der Waals surface area contributed by atoms with E-state index in [9.17, 15) is 4.79 Å². The summed E-state index contributed by atoms with van der Waals surface area (Å²) in [5.41, 5.74) is 10.0. The Kier molecular flexibility index (Phi) is 5.79. The number of nitrogens with two attached hydrogens (primary N) is 1. The number of hydrogen-bond acceptors (Lipinski definition) is 2. The van der Waals surface area contributed by atoms with Crippen LogP contribution in [0.4, 0.5) is 0 Å². The molecule has 2 saturated carbocycles. The summed E-state index contributed by atoms with van der Waals surface area (Å²) in [6, 6.07) is 16.8. The normalized spacial score (nSPS) is 18.8. The van der Waals surface area contributed by atoms with Crippen molar-refractivity contribution >= 4 is 16.9 Å². The third kappa shape index (κ3) is 3.44. The maximum atomic E-state index is 13.8. The Labute approximate surface area is 191 Å². The molecule has 1 amide bonds. The molecule has 0 radical (unpaired) electrons. The molecule has 5 rings (SSSR count). The first-order chi connectivity index (χ1) is 15.6. The minimum absolute atomic E-state index is 0.159. The molecule has 3 aromatic rings. The van der Waals surface area contributed by atoms with Gasteiger partial charge in [-0.1, -0.05) is 74.4 Å². The van der Waals surface area contributed by atoms with E-state index in [0.29, 0.717) is 0 Å². The van der Waals surface area contributed by atoms with Crippen LogP contribution in [0.3, 0.4) is 0 Å². The molecule has 1 heterocycles. The smallest absolute Gasteiger partial charge is 0.244 e. The van der Waals surface area contributed by atoms with Gasteiger partial charge in [0.2, 0.25) is 5.91 Å². The third-order valence-electron chi connectivity index (χ3n) is 8.06. The topological polar surface area (TPSA) is 60.9 Å². The van der Waals surface area contributed by atoms with Crippen LogP contribution in [0.5, 0.6) is 0 Å². The van der Waals surface area contributed by atoms with Crippen molar-refractivity contribution in [3.05, 3.63) is 54.1 Å². The Bertz CT molecular complexity index is 1080. The van der Waals surface area contributed by atoms with Crippen LogP contribution in [-0.4, -0.2) is 15.5 Å². The predicted octanol–water partition coefficient (Wildman–Crippen LogP) is 6.35. The molecule has 0 saturated heterocycles. The summed E-state index contributed by atoms with van der Waals surface area (Å²) in [5, 5.41) is 0. The lowest BCUT2D eigenvalue weighted by Gasteiger charge is -2.48. The van der Waals surface area contributed by atoms with Gasteiger partial charge in [-0.3, -0.25) is 4.79 Å². The van der Waals surface area contributed by atoms with Crippen molar-refractivity contribution in [2.24, 2.45) is 17.6 Å². The highest BCUT2D eigenvalue weighted by Gasteiger charge is 2.53. The van der Waals surface area contributed by atoms with Gasteiger partial charge >= 0.3 is 0 Å². The van der Waals surface area contributed by atoms with Gasteiger partial charge in [-0.05, 0) is 62.6 Å². The van der Waals surface area contributed by atoms with Gasteiger partial charge < -0.3 is 10.3 Å². The second kappa shape index (κ2) is 8.73. The van der Waals surface area contributed by atoms with Crippen molar-refractivity contribution < 1.29 is 4.79 Å². The van der Waals surface area contributed by atoms with Crippen molar-refractivity contribution in [3.63, 3.8) is 0 Å². The van der Waals surface area contributed by atoms with Crippen LogP contribution in [0.15, 0.2) is 48.5 Å². The number of rotatable bonds is 5. The highest BCUT2D eigenvalue weighted by molar-refractivity contribution is 5.89. The molecule has 4 nitrogen and oxygen atoms in total. The molecule has 0 unspecified atom stereocenters. The van der Waals surface area contributed by atoms with Gasteiger partial charge in [0.05, 0.1) is 11.0 Å². The number of primary amides is 1. The van der Waals surface area contributed by atoms with Crippen LogP contribution in [0, 0.1) is 18.8 Å². The maximum Gasteiger partial charge on any atom is 0.244 e. The Morgan fingerprint density at radius 3 is 2.12 bits per heavy atom. The minimum atomic E-state index is -0.726. The number of aromatic nitrogens is 2. The monoisotopic (exact) mass is 429 g/mol. The summed E-state index contributed by atoms with van der Waals surface area (Å²) in [6.07, 6.45) is 11.5. The fourth-order valence-corrected chi connectivity index (χ4v) is 6.67. The number of hydrogen-bond donors (Lipinski definition) is 1. The molecule has 0 aliphatic heterocycles. The molecule has 2 N–H and O–H groups in total. The molecule has 168 valence electrons. The quantitative estimate of drug-likeness (QED) is 0.513. The van der Waals surface area contributed by atoms with Crippen molar-refractivity contribution in [1.82, 2.24) is 9.55 Å². The lowest BCUT2D eigenvalue weighted by molar-refractivity contribution is -0.135. The summed E-state index contributed by atoms with van der Waals surface area (Å²) in [7, 11) is 0. The van der Waals surface area contributed by atoms with Crippen LogP contribution in [0.1, 0.15) is 69.8 Å². The summed E-state index contributed by atoms with van der Waals surface area (Å²) in [6.45, 7) is 2.11. The van der Waals surface area contributed by atoms with Crippen molar-refractivity contribution in [3.8, 4) is 11.4 Å². The average molecular weight is 430 g/mol. The largest absolute Gasteiger partial charge is 0.368 e. The first kappa shape index (κ1) is 21.2. The summed E-state index contributed by atoms with van der Waals surface area (Å²) >= 11 is 0. The number of benzene rings is 2. The summed E-state index contributed by atoms with van der Waals surface area (Å²) in [5.74, 6) is 1.26. The number of carbonyl (C=O) groups excluding carboxylic acids is 1. The van der Waals surface area contributed by atoms with E-state index >= 15 is 0 Å². The van der Waals surface area contributed by atoms with Gasteiger partial charge in [0.25, 0.3) is 0 Å². The SMILES string of the molecule is Cc1cccc(-c2nc3ccccc3n2C(C(N)=O)(C2CCCCC2)C2CCCCC2)c1. The van der Waals surface area contributed by atoms with E-state index in [1.165, 1.54) is 44.1 Å². The number of fused-ring (bicyclic) bond motifs is 1. The van der Waals surface area contributed by atoms with Gasteiger partial charge in [0, 0.05) is 5.56 Å². The zero-order chi connectivity index (χ0) is 22.1. The van der Waals surface area contributed by atoms with Crippen LogP contribution < -0.4 is 5.73 Å². The predicted molar refractivity (Wildman–Crippen MR) is 130 cm³/mol. The Balaban J connectivity index is 1.83. The number of para-hydroxylation sites is 2. The van der Waals surface area contributed by atoms with Gasteiger partial charge in [0.15, 0.2) is 0 Å². The van der Waals surface area contributed by atoms with Crippen molar-refractivity contribution in [1.29, 1.82) is 0 Å². The molecule has 4 heteroatoms. The van der Waals surface area contributed by atoms with E-state index in [-0.39, 0.29) is 17.7 Å². The van der Waals surface area contributed by atoms with E-state index in [2.05, 4.69) is 54.0 Å². The second-order valence-electron chi connectivity index (χ2n) is 9.99. The molecule has 2 aromatic carbocycles. The molecule has 0 atom stereocenters. The highest BCUT2D eigenvalue weighted by Crippen LogP contribution is 2.50. The number of nitrogens with zero attached hydrogens (tertiary/aromatic N) is 2. The molecule has 2 aliphatic carbocycles. The van der Waals surface area contributed by atoms with E-state index in [1.54, 1.807) is 0 Å². The van der Waals surface area contributed by atoms with E-state index in [4.69, 9.17) is 10.7 Å². The van der Waals surface area contributed by atoms with Gasteiger partial charge in [-0.2, -0.15) is 0 Å². The lowest BCUT2D eigenvalue weighted by Crippen LogP contribution is -2.58. The molecule has 32 heavy (non-hydrogen) atoms. The zero-order valence-electron chi connectivity index (χ0n) is 19.2. The van der Waals surface area contributed by atoms with E-state index in [0.717, 1.165) is 48.1 Å². The number of amides is 1. The average Bonchev–Trinajstić information content (AvgIpc) is 3.21. The number of imidazole rings is 1. The Hall–Kier alpha value is -2.62. The van der Waals surface area contributed by atoms with Crippen LogP contribution in [0.2, 0.25) is 0 Å². The highest BCUT2D eigenvalue weighted by atomic mass is 16.1. The maximum absolute atomic E-state index is 13.8. The van der Waals surface area contributed by atoms with Crippen LogP contribution in [0.25, 0.3) is 22.4 Å². The number of aryl methyl sites for hydroxylation is 1. The minimum Gasteiger partial charge on any atom is -0.368 e. The van der Waals surface area contributed by atoms with E-state index in [1.807, 2.05) is 6.07 Å². The van der Waals surface area contributed by atoms with Gasteiger partial charge in [-0.25, -0.2) is 4.98 Å². The van der Waals surface area contributed by atoms with Crippen LogP contribution in [-0.2, 0) is 10.3 Å². The second-order valence-corrected chi connectivity index (χ2v) is 9.99. The summed E-state index contributed by atoms with van der Waals surface area (Å²) in [4.78, 5) is 18.9. The van der Waals surface area contributed by atoms with Gasteiger partial charge in [-0.15, -0.1) is 0 Å². The van der Waals surface area contributed by atoms with Crippen molar-refractivity contribution in [2.75, 3.05) is 0 Å². The standard InChI is InChI=1S/C28H35N3O/c1-20-11-10-12-21(19-20)26-30-24-17-8-9-18-25(24)31(26)28(27(29)32,22-13-4-2-5-14-22)23-15-6-3-7-16-23/h8-12,17-19,22-23H,2-7,13-16H2,1H3,(H2,29,32). The molecule has 2 aliphatic rings. The van der Waals surface area contributed by atoms with E-state index < -0.39 is 5.54 Å². The molecule has 0 bridgehead atoms. The van der Waals surface area contributed by atoms with Crippen LogP contribution >= 0.6 is 0 Å². The zero-order valence-corrected chi connectivity index (χ0v) is 19.2. The van der Waals surface area contributed by atoms with Gasteiger partial charge in [0.1, 0.15) is 11.4 Å². The molecule has 1 aromatic heterocycles. The number of carbonyl (C=O) groups is 1. The Morgan fingerprint density at radius 1 is 0.906 bits per heavy atom. The fourth-order valence-electron chi connectivity index (χ4n) is 6.67.